The minimum atomic E-state index is -0.121. The lowest BCUT2D eigenvalue weighted by Crippen LogP contribution is -2.30. The van der Waals surface area contributed by atoms with Gasteiger partial charge in [-0.3, -0.25) is 19.4 Å². The zero-order valence-electron chi connectivity index (χ0n) is 17.0. The molecule has 0 atom stereocenters. The normalized spacial score (nSPS) is 16.9. The predicted molar refractivity (Wildman–Crippen MR) is 117 cm³/mol. The second kappa shape index (κ2) is 11.6. The Kier molecular flexibility index (Phi) is 8.87. The molecule has 154 valence electrons. The van der Waals surface area contributed by atoms with Gasteiger partial charge in [0.2, 0.25) is 0 Å². The summed E-state index contributed by atoms with van der Waals surface area (Å²) in [6.45, 7) is 3.14. The molecule has 1 saturated heterocycles. The molecule has 0 aromatic heterocycles. The van der Waals surface area contributed by atoms with Crippen molar-refractivity contribution in [1.82, 2.24) is 9.80 Å². The van der Waals surface area contributed by atoms with Crippen molar-refractivity contribution in [2.45, 2.75) is 64.2 Å². The lowest BCUT2D eigenvalue weighted by atomic mass is 10.1. The van der Waals surface area contributed by atoms with Crippen molar-refractivity contribution in [2.24, 2.45) is 0 Å². The number of hydrogen-bond acceptors (Lipinski definition) is 4. The number of imide groups is 1. The summed E-state index contributed by atoms with van der Waals surface area (Å²) in [5, 5.41) is 0. The molecule has 2 aliphatic heterocycles. The molecule has 2 aliphatic rings. The highest BCUT2D eigenvalue weighted by Gasteiger charge is 2.34. The number of amides is 2. The van der Waals surface area contributed by atoms with E-state index in [9.17, 15) is 9.59 Å². The van der Waals surface area contributed by atoms with E-state index >= 15 is 0 Å². The summed E-state index contributed by atoms with van der Waals surface area (Å²) in [6, 6.07) is 7.14. The summed E-state index contributed by atoms with van der Waals surface area (Å²) in [5.41, 5.74) is 1.12. The van der Waals surface area contributed by atoms with Crippen LogP contribution in [0.2, 0.25) is 0 Å². The maximum atomic E-state index is 12.3. The smallest absolute Gasteiger partial charge is 0.261 e. The summed E-state index contributed by atoms with van der Waals surface area (Å²) in [5.74, 6) is 2.32. The number of benzene rings is 1. The lowest BCUT2D eigenvalue weighted by Gasteiger charge is -2.13. The SMILES string of the molecule is O=C1c2ccccc2C(=O)N1CCCCCCCCCCCCN1CCSC1. The van der Waals surface area contributed by atoms with E-state index in [1.54, 1.807) is 12.1 Å². The van der Waals surface area contributed by atoms with Gasteiger partial charge < -0.3 is 0 Å². The molecule has 1 aromatic rings. The molecule has 0 saturated carbocycles. The van der Waals surface area contributed by atoms with E-state index in [0.29, 0.717) is 17.7 Å². The largest absolute Gasteiger partial charge is 0.293 e. The molecule has 2 amide bonds. The van der Waals surface area contributed by atoms with E-state index in [1.165, 1.54) is 81.0 Å². The van der Waals surface area contributed by atoms with Gasteiger partial charge in [0.1, 0.15) is 0 Å². The third-order valence-corrected chi connectivity index (χ3v) is 6.83. The fourth-order valence-electron chi connectivity index (χ4n) is 4.09. The van der Waals surface area contributed by atoms with Crippen LogP contribution in [0.3, 0.4) is 0 Å². The second-order valence-corrected chi connectivity index (χ2v) is 9.07. The van der Waals surface area contributed by atoms with Crippen LogP contribution < -0.4 is 0 Å². The minimum Gasteiger partial charge on any atom is -0.293 e. The van der Waals surface area contributed by atoms with Crippen LogP contribution in [0.1, 0.15) is 84.9 Å². The first-order valence-electron chi connectivity index (χ1n) is 11.0. The molecule has 5 heteroatoms. The molecule has 0 aliphatic carbocycles. The van der Waals surface area contributed by atoms with Gasteiger partial charge in [-0.1, -0.05) is 63.5 Å². The van der Waals surface area contributed by atoms with Crippen LogP contribution in [0.25, 0.3) is 0 Å². The minimum absolute atomic E-state index is 0.121. The van der Waals surface area contributed by atoms with Gasteiger partial charge in [0, 0.05) is 24.7 Å². The van der Waals surface area contributed by atoms with E-state index < -0.39 is 0 Å². The molecule has 2 heterocycles. The molecule has 0 unspecified atom stereocenters. The van der Waals surface area contributed by atoms with Crippen LogP contribution in [0.4, 0.5) is 0 Å². The fraction of sp³-hybridized carbons (Fsp3) is 0.652. The predicted octanol–water partition coefficient (Wildman–Crippen LogP) is 5.19. The molecule has 0 bridgehead atoms. The number of thioether (sulfide) groups is 1. The third kappa shape index (κ3) is 6.08. The molecule has 0 radical (unpaired) electrons. The van der Waals surface area contributed by atoms with Gasteiger partial charge in [0.25, 0.3) is 11.8 Å². The lowest BCUT2D eigenvalue weighted by molar-refractivity contribution is 0.0651. The molecule has 4 nitrogen and oxygen atoms in total. The molecule has 1 fully saturated rings. The maximum Gasteiger partial charge on any atom is 0.261 e. The monoisotopic (exact) mass is 402 g/mol. The van der Waals surface area contributed by atoms with Gasteiger partial charge in [-0.25, -0.2) is 0 Å². The number of carbonyl (C=O) groups is 2. The molecular weight excluding hydrogens is 368 g/mol. The Labute approximate surface area is 174 Å². The van der Waals surface area contributed by atoms with E-state index in [2.05, 4.69) is 16.7 Å². The Morgan fingerprint density at radius 3 is 1.71 bits per heavy atom. The Bertz CT molecular complexity index is 608. The van der Waals surface area contributed by atoms with Crippen LogP contribution in [0.5, 0.6) is 0 Å². The van der Waals surface area contributed by atoms with Gasteiger partial charge in [0.05, 0.1) is 11.1 Å². The van der Waals surface area contributed by atoms with E-state index in [0.717, 1.165) is 12.8 Å². The molecular formula is C23H34N2O2S. The molecule has 28 heavy (non-hydrogen) atoms. The van der Waals surface area contributed by atoms with E-state index in [-0.39, 0.29) is 11.8 Å². The number of nitrogens with zero attached hydrogens (tertiary/aromatic N) is 2. The van der Waals surface area contributed by atoms with Crippen molar-refractivity contribution in [1.29, 1.82) is 0 Å². The van der Waals surface area contributed by atoms with Crippen LogP contribution in [0, 0.1) is 0 Å². The summed E-state index contributed by atoms with van der Waals surface area (Å²) in [6.07, 6.45) is 12.6. The zero-order chi connectivity index (χ0) is 19.6. The highest BCUT2D eigenvalue weighted by molar-refractivity contribution is 7.99. The Morgan fingerprint density at radius 1 is 0.714 bits per heavy atom. The van der Waals surface area contributed by atoms with Crippen LogP contribution in [0.15, 0.2) is 24.3 Å². The first-order chi connectivity index (χ1) is 13.8. The average Bonchev–Trinajstić information content (AvgIpc) is 3.31. The summed E-state index contributed by atoms with van der Waals surface area (Å²) < 4.78 is 0. The molecule has 3 rings (SSSR count). The van der Waals surface area contributed by atoms with Gasteiger partial charge in [-0.15, -0.1) is 11.8 Å². The van der Waals surface area contributed by atoms with Crippen LogP contribution >= 0.6 is 11.8 Å². The first kappa shape index (κ1) is 21.4. The topological polar surface area (TPSA) is 40.6 Å². The van der Waals surface area contributed by atoms with Crippen molar-refractivity contribution < 1.29 is 9.59 Å². The maximum absolute atomic E-state index is 12.3. The van der Waals surface area contributed by atoms with Gasteiger partial charge >= 0.3 is 0 Å². The molecule has 0 N–H and O–H groups in total. The third-order valence-electron chi connectivity index (χ3n) is 5.81. The summed E-state index contributed by atoms with van der Waals surface area (Å²) >= 11 is 2.06. The van der Waals surface area contributed by atoms with E-state index in [4.69, 9.17) is 0 Å². The zero-order valence-corrected chi connectivity index (χ0v) is 17.9. The van der Waals surface area contributed by atoms with Crippen molar-refractivity contribution in [3.63, 3.8) is 0 Å². The van der Waals surface area contributed by atoms with Crippen LogP contribution in [-0.4, -0.2) is 52.9 Å². The van der Waals surface area contributed by atoms with Gasteiger partial charge in [-0.2, -0.15) is 0 Å². The second-order valence-electron chi connectivity index (χ2n) is 8.00. The van der Waals surface area contributed by atoms with Gasteiger partial charge in [0.15, 0.2) is 0 Å². The number of rotatable bonds is 13. The van der Waals surface area contributed by atoms with Gasteiger partial charge in [-0.05, 0) is 31.5 Å². The van der Waals surface area contributed by atoms with Crippen LogP contribution in [-0.2, 0) is 0 Å². The number of hydrogen-bond donors (Lipinski definition) is 0. The van der Waals surface area contributed by atoms with Crippen molar-refractivity contribution in [3.8, 4) is 0 Å². The Morgan fingerprint density at radius 2 is 1.21 bits per heavy atom. The summed E-state index contributed by atoms with van der Waals surface area (Å²) in [4.78, 5) is 28.6. The highest BCUT2D eigenvalue weighted by atomic mass is 32.2. The Balaban J connectivity index is 1.14. The Hall–Kier alpha value is -1.33. The highest BCUT2D eigenvalue weighted by Crippen LogP contribution is 2.23. The van der Waals surface area contributed by atoms with Crippen molar-refractivity contribution in [2.75, 3.05) is 31.3 Å². The quantitative estimate of drug-likeness (QED) is 0.336. The fourth-order valence-corrected chi connectivity index (χ4v) is 5.12. The number of unbranched alkanes of at least 4 members (excludes halogenated alkanes) is 9. The number of fused-ring (bicyclic) bond motifs is 1. The molecule has 0 spiro atoms. The van der Waals surface area contributed by atoms with Crippen molar-refractivity contribution >= 4 is 23.6 Å². The first-order valence-corrected chi connectivity index (χ1v) is 12.2. The summed E-state index contributed by atoms with van der Waals surface area (Å²) in [7, 11) is 0. The van der Waals surface area contributed by atoms with E-state index in [1.807, 2.05) is 12.1 Å². The molecule has 1 aromatic carbocycles. The standard InChI is InChI=1S/C23H34N2O2S/c26-22-20-13-9-10-14-21(20)23(27)25(22)16-12-8-6-4-2-1-3-5-7-11-15-24-17-18-28-19-24/h9-10,13-14H,1-8,11-12,15-19H2. The van der Waals surface area contributed by atoms with Crippen molar-refractivity contribution in [3.05, 3.63) is 35.4 Å². The number of carbonyl (C=O) groups excluding carboxylic acids is 2. The average molecular weight is 403 g/mol.